The summed E-state index contributed by atoms with van der Waals surface area (Å²) < 4.78 is 43.9. The highest BCUT2D eigenvalue weighted by molar-refractivity contribution is 5.81. The molecule has 0 saturated carbocycles. The fraction of sp³-hybridized carbons (Fsp3) is 0.500. The standard InChI is InChI=1S/C10H12F3NO3/c1-3-17-8(15)9(16,10(11,12)13)7-5-4-6-14(7)2/h4-6,16H,3H2,1-2H3/t9-/m0/s1. The largest absolute Gasteiger partial charge is 0.463 e. The molecular formula is C10H12F3NO3. The first-order valence-corrected chi connectivity index (χ1v) is 4.83. The quantitative estimate of drug-likeness (QED) is 0.825. The van der Waals surface area contributed by atoms with E-state index in [2.05, 4.69) is 4.74 Å². The molecule has 0 unspecified atom stereocenters. The van der Waals surface area contributed by atoms with E-state index in [4.69, 9.17) is 0 Å². The summed E-state index contributed by atoms with van der Waals surface area (Å²) in [6.45, 7) is 1.11. The maximum Gasteiger partial charge on any atom is 0.434 e. The second-order valence-electron chi connectivity index (χ2n) is 3.43. The molecule has 0 aliphatic rings. The molecule has 0 radical (unpaired) electrons. The Balaban J connectivity index is 3.31. The molecule has 1 heterocycles. The lowest BCUT2D eigenvalue weighted by atomic mass is 9.99. The third-order valence-electron chi connectivity index (χ3n) is 2.30. The SMILES string of the molecule is CCOC(=O)[C@@](O)(c1cccn1C)C(F)(F)F. The number of halogens is 3. The van der Waals surface area contributed by atoms with Crippen LogP contribution in [0.15, 0.2) is 18.3 Å². The summed E-state index contributed by atoms with van der Waals surface area (Å²) in [5, 5.41) is 9.67. The van der Waals surface area contributed by atoms with Crippen LogP contribution in [0.5, 0.6) is 0 Å². The molecule has 96 valence electrons. The summed E-state index contributed by atoms with van der Waals surface area (Å²) in [7, 11) is 1.30. The molecule has 1 N–H and O–H groups in total. The third-order valence-corrected chi connectivity index (χ3v) is 2.30. The average Bonchev–Trinajstić information content (AvgIpc) is 2.62. The monoisotopic (exact) mass is 251 g/mol. The Bertz CT molecular complexity index is 413. The molecular weight excluding hydrogens is 239 g/mol. The first-order chi connectivity index (χ1) is 7.75. The first-order valence-electron chi connectivity index (χ1n) is 4.83. The molecule has 0 fully saturated rings. The van der Waals surface area contributed by atoms with Crippen molar-refractivity contribution < 1.29 is 27.8 Å². The number of rotatable bonds is 3. The van der Waals surface area contributed by atoms with Gasteiger partial charge >= 0.3 is 12.1 Å². The van der Waals surface area contributed by atoms with Crippen molar-refractivity contribution in [3.05, 3.63) is 24.0 Å². The highest BCUT2D eigenvalue weighted by atomic mass is 19.4. The number of aromatic nitrogens is 1. The van der Waals surface area contributed by atoms with Gasteiger partial charge in [0.05, 0.1) is 12.3 Å². The normalized spacial score (nSPS) is 15.4. The Hall–Kier alpha value is -1.50. The van der Waals surface area contributed by atoms with Crippen molar-refractivity contribution in [3.8, 4) is 0 Å². The smallest absolute Gasteiger partial charge is 0.434 e. The number of alkyl halides is 3. The number of carbonyl (C=O) groups excluding carboxylic acids is 1. The van der Waals surface area contributed by atoms with Gasteiger partial charge in [0.1, 0.15) is 0 Å². The topological polar surface area (TPSA) is 51.5 Å². The Morgan fingerprint density at radius 3 is 2.47 bits per heavy atom. The van der Waals surface area contributed by atoms with Crippen molar-refractivity contribution >= 4 is 5.97 Å². The van der Waals surface area contributed by atoms with Crippen LogP contribution in [0.1, 0.15) is 12.6 Å². The molecule has 4 nitrogen and oxygen atoms in total. The summed E-state index contributed by atoms with van der Waals surface area (Å²) in [6, 6.07) is 2.32. The van der Waals surface area contributed by atoms with Gasteiger partial charge in [0.2, 0.25) is 0 Å². The average molecular weight is 251 g/mol. The van der Waals surface area contributed by atoms with Crippen LogP contribution in [0.25, 0.3) is 0 Å². The Kier molecular flexibility index (Phi) is 3.51. The first kappa shape index (κ1) is 13.6. The Morgan fingerprint density at radius 2 is 2.12 bits per heavy atom. The molecule has 0 saturated heterocycles. The second kappa shape index (κ2) is 4.40. The van der Waals surface area contributed by atoms with Crippen molar-refractivity contribution in [2.45, 2.75) is 18.7 Å². The minimum Gasteiger partial charge on any atom is -0.463 e. The van der Waals surface area contributed by atoms with Gasteiger partial charge in [0.25, 0.3) is 5.60 Å². The number of aliphatic hydroxyl groups is 1. The van der Waals surface area contributed by atoms with E-state index in [-0.39, 0.29) is 6.61 Å². The summed E-state index contributed by atoms with van der Waals surface area (Å²) >= 11 is 0. The summed E-state index contributed by atoms with van der Waals surface area (Å²) in [5.41, 5.74) is -4.22. The van der Waals surface area contributed by atoms with Gasteiger partial charge in [0.15, 0.2) is 0 Å². The zero-order chi connectivity index (χ0) is 13.3. The van der Waals surface area contributed by atoms with E-state index in [1.165, 1.54) is 26.2 Å². The van der Waals surface area contributed by atoms with E-state index < -0.39 is 23.4 Å². The minimum absolute atomic E-state index is 0.248. The molecule has 0 aliphatic carbocycles. The van der Waals surface area contributed by atoms with Gasteiger partial charge in [-0.15, -0.1) is 0 Å². The lowest BCUT2D eigenvalue weighted by Crippen LogP contribution is -2.51. The van der Waals surface area contributed by atoms with E-state index in [1.54, 1.807) is 0 Å². The maximum atomic E-state index is 12.9. The van der Waals surface area contributed by atoms with E-state index in [9.17, 15) is 23.1 Å². The van der Waals surface area contributed by atoms with Crippen molar-refractivity contribution in [3.63, 3.8) is 0 Å². The van der Waals surface area contributed by atoms with Crippen LogP contribution in [-0.2, 0) is 22.2 Å². The highest BCUT2D eigenvalue weighted by Gasteiger charge is 2.63. The third kappa shape index (κ3) is 2.14. The highest BCUT2D eigenvalue weighted by Crippen LogP contribution is 2.39. The van der Waals surface area contributed by atoms with E-state index in [0.29, 0.717) is 0 Å². The van der Waals surface area contributed by atoms with Crippen LogP contribution in [0, 0.1) is 0 Å². The van der Waals surface area contributed by atoms with Crippen LogP contribution >= 0.6 is 0 Å². The molecule has 0 aromatic carbocycles. The van der Waals surface area contributed by atoms with Crippen LogP contribution in [0.2, 0.25) is 0 Å². The molecule has 0 bridgehead atoms. The van der Waals surface area contributed by atoms with Crippen molar-refractivity contribution in [2.75, 3.05) is 6.61 Å². The summed E-state index contributed by atoms with van der Waals surface area (Å²) in [4.78, 5) is 11.4. The molecule has 0 spiro atoms. The molecule has 1 aromatic rings. The van der Waals surface area contributed by atoms with E-state index in [1.807, 2.05) is 0 Å². The number of ether oxygens (including phenoxy) is 1. The zero-order valence-corrected chi connectivity index (χ0v) is 9.28. The van der Waals surface area contributed by atoms with Crippen LogP contribution in [-0.4, -0.2) is 28.4 Å². The lowest BCUT2D eigenvalue weighted by molar-refractivity contribution is -0.269. The van der Waals surface area contributed by atoms with E-state index in [0.717, 1.165) is 10.6 Å². The molecule has 1 rings (SSSR count). The number of nitrogens with zero attached hydrogens (tertiary/aromatic N) is 1. The number of esters is 1. The van der Waals surface area contributed by atoms with Gasteiger partial charge in [-0.1, -0.05) is 0 Å². The maximum absolute atomic E-state index is 12.9. The number of carbonyl (C=O) groups is 1. The number of hydrogen-bond acceptors (Lipinski definition) is 3. The minimum atomic E-state index is -5.15. The van der Waals surface area contributed by atoms with Crippen molar-refractivity contribution in [1.29, 1.82) is 0 Å². The second-order valence-corrected chi connectivity index (χ2v) is 3.43. The molecule has 1 aromatic heterocycles. The van der Waals surface area contributed by atoms with Crippen molar-refractivity contribution in [2.24, 2.45) is 7.05 Å². The van der Waals surface area contributed by atoms with Crippen LogP contribution in [0.4, 0.5) is 13.2 Å². The van der Waals surface area contributed by atoms with Gasteiger partial charge < -0.3 is 14.4 Å². The molecule has 0 aliphatic heterocycles. The zero-order valence-electron chi connectivity index (χ0n) is 9.28. The number of hydrogen-bond donors (Lipinski definition) is 1. The molecule has 1 atom stereocenters. The predicted octanol–water partition coefficient (Wildman–Crippen LogP) is 1.34. The van der Waals surface area contributed by atoms with Crippen molar-refractivity contribution in [1.82, 2.24) is 4.57 Å². The van der Waals surface area contributed by atoms with Gasteiger partial charge in [-0.2, -0.15) is 13.2 Å². The van der Waals surface area contributed by atoms with Crippen LogP contribution < -0.4 is 0 Å². The van der Waals surface area contributed by atoms with Gasteiger partial charge in [-0.05, 0) is 19.1 Å². The van der Waals surface area contributed by atoms with Gasteiger partial charge in [0, 0.05) is 13.2 Å². The Labute approximate surface area is 95.6 Å². The lowest BCUT2D eigenvalue weighted by Gasteiger charge is -2.28. The van der Waals surface area contributed by atoms with Gasteiger partial charge in [-0.3, -0.25) is 0 Å². The van der Waals surface area contributed by atoms with E-state index >= 15 is 0 Å². The molecule has 0 amide bonds. The van der Waals surface area contributed by atoms with Crippen LogP contribution in [0.3, 0.4) is 0 Å². The van der Waals surface area contributed by atoms with Gasteiger partial charge in [-0.25, -0.2) is 4.79 Å². The molecule has 17 heavy (non-hydrogen) atoms. The predicted molar refractivity (Wildman–Crippen MR) is 52.0 cm³/mol. The fourth-order valence-electron chi connectivity index (χ4n) is 1.44. The number of aryl methyl sites for hydroxylation is 1. The Morgan fingerprint density at radius 1 is 1.53 bits per heavy atom. The fourth-order valence-corrected chi connectivity index (χ4v) is 1.44. The summed E-state index contributed by atoms with van der Waals surface area (Å²) in [5.74, 6) is -1.73. The molecule has 7 heteroatoms. The summed E-state index contributed by atoms with van der Waals surface area (Å²) in [6.07, 6.45) is -3.85.